The summed E-state index contributed by atoms with van der Waals surface area (Å²) in [7, 11) is 0. The summed E-state index contributed by atoms with van der Waals surface area (Å²) < 4.78 is 7.07. The first-order valence-electron chi connectivity index (χ1n) is 32.7. The van der Waals surface area contributed by atoms with Crippen molar-refractivity contribution in [1.29, 1.82) is 0 Å². The highest BCUT2D eigenvalue weighted by Gasteiger charge is 2.48. The minimum Gasteiger partial charge on any atom is -0.456 e. The van der Waals surface area contributed by atoms with Crippen LogP contribution in [0.3, 0.4) is 0 Å². The van der Waals surface area contributed by atoms with Crippen LogP contribution >= 0.6 is 0 Å². The molecule has 0 spiro atoms. The van der Waals surface area contributed by atoms with Gasteiger partial charge in [0.2, 0.25) is 0 Å². The van der Waals surface area contributed by atoms with Crippen molar-refractivity contribution in [1.82, 2.24) is 0 Å². The van der Waals surface area contributed by atoms with Gasteiger partial charge in [-0.3, -0.25) is 0 Å². The SMILES string of the molecule is Cc1cc(C(C)(C)C)ccc1N(c1ccc2c(c1)N(c1ccc3c(c1)oc1cc(C(C)(C)C)ccc13)c1cc(C(C)(C)C)cc3c1B2c1cc2c(cc1N3c1ccc3c(c1)C(C)(C)CCC3(C)C)C(C)(C)CCC2(C)C)c1ccc(C(C)(C)C)cc1C. The first-order chi connectivity index (χ1) is 40.4. The normalized spacial score (nSPS) is 17.4. The molecule has 8 aromatic carbocycles. The number of benzene rings is 8. The quantitative estimate of drug-likeness (QED) is 0.160. The lowest BCUT2D eigenvalue weighted by molar-refractivity contribution is 0.332. The van der Waals surface area contributed by atoms with Gasteiger partial charge >= 0.3 is 0 Å². The zero-order chi connectivity index (χ0) is 62.4. The van der Waals surface area contributed by atoms with E-state index in [0.29, 0.717) is 0 Å². The Labute approximate surface area is 522 Å². The summed E-state index contributed by atoms with van der Waals surface area (Å²) in [5.41, 5.74) is 30.2. The van der Waals surface area contributed by atoms with Crippen molar-refractivity contribution in [2.24, 2.45) is 0 Å². The van der Waals surface area contributed by atoms with E-state index >= 15 is 0 Å². The van der Waals surface area contributed by atoms with Gasteiger partial charge in [-0.25, -0.2) is 0 Å². The minimum absolute atomic E-state index is 0.00177. The highest BCUT2D eigenvalue weighted by Crippen LogP contribution is 2.54. The molecule has 87 heavy (non-hydrogen) atoms. The van der Waals surface area contributed by atoms with Gasteiger partial charge in [0.05, 0.1) is 0 Å². The third kappa shape index (κ3) is 9.60. The van der Waals surface area contributed by atoms with Crippen LogP contribution < -0.4 is 31.1 Å². The van der Waals surface area contributed by atoms with E-state index in [0.717, 1.165) is 52.6 Å². The maximum atomic E-state index is 7.07. The Morgan fingerprint density at radius 2 is 0.805 bits per heavy atom. The highest BCUT2D eigenvalue weighted by molar-refractivity contribution is 7.00. The van der Waals surface area contributed by atoms with Crippen molar-refractivity contribution in [3.63, 3.8) is 0 Å². The molecule has 5 heteroatoms. The molecule has 2 aliphatic heterocycles. The lowest BCUT2D eigenvalue weighted by Gasteiger charge is -2.48. The van der Waals surface area contributed by atoms with Gasteiger partial charge in [-0.15, -0.1) is 0 Å². The van der Waals surface area contributed by atoms with Crippen molar-refractivity contribution in [3.05, 3.63) is 189 Å². The zero-order valence-corrected chi connectivity index (χ0v) is 56.9. The number of fused-ring (bicyclic) bond motifs is 9. The lowest BCUT2D eigenvalue weighted by atomic mass is 9.33. The average Bonchev–Trinajstić information content (AvgIpc) is 0.977. The van der Waals surface area contributed by atoms with Crippen LogP contribution in [-0.2, 0) is 43.3 Å². The van der Waals surface area contributed by atoms with Crippen LogP contribution in [0.25, 0.3) is 21.9 Å². The lowest BCUT2D eigenvalue weighted by Crippen LogP contribution is -2.62. The second-order valence-electron chi connectivity index (χ2n) is 33.8. The Hall–Kier alpha value is -6.98. The summed E-state index contributed by atoms with van der Waals surface area (Å²) in [6, 6.07) is 53.8. The second-order valence-corrected chi connectivity index (χ2v) is 33.8. The van der Waals surface area contributed by atoms with Gasteiger partial charge in [0, 0.05) is 68.0 Å². The first kappa shape index (κ1) is 59.0. The summed E-state index contributed by atoms with van der Waals surface area (Å²) in [6.45, 7) is 52.3. The van der Waals surface area contributed by atoms with E-state index in [2.05, 4.69) is 300 Å². The van der Waals surface area contributed by atoms with E-state index in [1.54, 1.807) is 0 Å². The van der Waals surface area contributed by atoms with Crippen LogP contribution in [0.1, 0.15) is 220 Å². The molecule has 0 N–H and O–H groups in total. The third-order valence-electron chi connectivity index (χ3n) is 21.4. The molecule has 0 unspecified atom stereocenters. The fraction of sp³-hybridized carbons (Fsp3) is 0.415. The molecule has 0 saturated heterocycles. The molecule has 4 nitrogen and oxygen atoms in total. The molecule has 1 aromatic heterocycles. The number of aryl methyl sites for hydroxylation is 2. The molecule has 0 atom stereocenters. The van der Waals surface area contributed by atoms with Crippen molar-refractivity contribution in [2.45, 2.75) is 221 Å². The predicted octanol–water partition coefficient (Wildman–Crippen LogP) is 21.6. The van der Waals surface area contributed by atoms with Crippen LogP contribution in [0, 0.1) is 13.8 Å². The van der Waals surface area contributed by atoms with Gasteiger partial charge in [-0.05, 0) is 228 Å². The molecule has 2 aliphatic carbocycles. The Bertz CT molecular complexity index is 4260. The van der Waals surface area contributed by atoms with Crippen LogP contribution in [0.15, 0.2) is 138 Å². The molecule has 448 valence electrons. The van der Waals surface area contributed by atoms with Gasteiger partial charge in [0.25, 0.3) is 6.71 Å². The number of hydrogen-bond donors (Lipinski definition) is 0. The monoisotopic (exact) mass is 1150 g/mol. The second kappa shape index (κ2) is 19.3. The number of rotatable bonds is 5. The van der Waals surface area contributed by atoms with Gasteiger partial charge in [0.1, 0.15) is 11.2 Å². The molecule has 0 amide bonds. The topological polar surface area (TPSA) is 22.9 Å². The van der Waals surface area contributed by atoms with Gasteiger partial charge < -0.3 is 19.1 Å². The standard InChI is InChI=1S/C82H96BN3O/c1-49-39-51(75(3,4)5)24-33-66(49)84(67-34-25-52(40-50(67)2)76(6,7)8)56-28-32-64-68(45-56)86(57-26-30-59-58-29-23-53(77(9,10)11)43-72(58)87-73(59)46-57)71-42-54(78(12,13)14)41-70-74(71)83(64)65-47-62-63(82(21,22)38-37-81(62,19)20)48-69(65)85(70)55-27-31-60-61(44-55)80(17,18)36-35-79(60,15)16/h23-34,39-48H,35-38H2,1-22H3. The van der Waals surface area contributed by atoms with Gasteiger partial charge in [0.15, 0.2) is 0 Å². The van der Waals surface area contributed by atoms with Gasteiger partial charge in [-0.2, -0.15) is 0 Å². The zero-order valence-electron chi connectivity index (χ0n) is 56.9. The number of hydrogen-bond acceptors (Lipinski definition) is 4. The Kier molecular flexibility index (Phi) is 13.1. The predicted molar refractivity (Wildman–Crippen MR) is 377 cm³/mol. The minimum atomic E-state index is -0.192. The molecule has 0 radical (unpaired) electrons. The van der Waals surface area contributed by atoms with E-state index in [-0.39, 0.29) is 50.0 Å². The maximum Gasteiger partial charge on any atom is 0.252 e. The van der Waals surface area contributed by atoms with Crippen molar-refractivity contribution < 1.29 is 4.42 Å². The van der Waals surface area contributed by atoms with Gasteiger partial charge in [-0.1, -0.05) is 193 Å². The number of anilines is 9. The highest BCUT2D eigenvalue weighted by atomic mass is 16.3. The summed E-state index contributed by atoms with van der Waals surface area (Å²) in [4.78, 5) is 7.91. The molecule has 4 aliphatic rings. The summed E-state index contributed by atoms with van der Waals surface area (Å²) in [5, 5.41) is 2.28. The molecule has 0 saturated carbocycles. The Morgan fingerprint density at radius 3 is 1.32 bits per heavy atom. The van der Waals surface area contributed by atoms with Crippen LogP contribution in [0.4, 0.5) is 51.2 Å². The summed E-state index contributed by atoms with van der Waals surface area (Å²) in [6.07, 6.45) is 4.62. The summed E-state index contributed by atoms with van der Waals surface area (Å²) >= 11 is 0. The Morgan fingerprint density at radius 1 is 0.379 bits per heavy atom. The maximum absolute atomic E-state index is 7.07. The van der Waals surface area contributed by atoms with E-state index in [4.69, 9.17) is 4.42 Å². The van der Waals surface area contributed by atoms with E-state index in [1.165, 1.54) is 118 Å². The van der Waals surface area contributed by atoms with Crippen molar-refractivity contribution >= 4 is 96.2 Å². The fourth-order valence-electron chi connectivity index (χ4n) is 15.4. The molecular weight excluding hydrogens is 1050 g/mol. The van der Waals surface area contributed by atoms with E-state index in [9.17, 15) is 0 Å². The molecule has 3 heterocycles. The van der Waals surface area contributed by atoms with Crippen molar-refractivity contribution in [3.8, 4) is 0 Å². The Balaban J connectivity index is 1.15. The fourth-order valence-corrected chi connectivity index (χ4v) is 15.4. The largest absolute Gasteiger partial charge is 0.456 e. The molecule has 9 aromatic rings. The molecule has 13 rings (SSSR count). The first-order valence-corrected chi connectivity index (χ1v) is 32.7. The van der Waals surface area contributed by atoms with E-state index < -0.39 is 0 Å². The van der Waals surface area contributed by atoms with Crippen LogP contribution in [0.5, 0.6) is 0 Å². The van der Waals surface area contributed by atoms with E-state index in [1.807, 2.05) is 0 Å². The third-order valence-corrected chi connectivity index (χ3v) is 21.4. The number of nitrogens with zero attached hydrogens (tertiary/aromatic N) is 3. The van der Waals surface area contributed by atoms with Crippen LogP contribution in [-0.4, -0.2) is 6.71 Å². The molecular formula is C82H96BN3O. The smallest absolute Gasteiger partial charge is 0.252 e. The van der Waals surface area contributed by atoms with Crippen LogP contribution in [0.2, 0.25) is 0 Å². The average molecular weight is 1150 g/mol. The molecule has 0 bridgehead atoms. The summed E-state index contributed by atoms with van der Waals surface area (Å²) in [5.74, 6) is 0. The number of furan rings is 1. The molecule has 0 fully saturated rings. The van der Waals surface area contributed by atoms with Crippen molar-refractivity contribution in [2.75, 3.05) is 14.7 Å².